The second-order valence-electron chi connectivity index (χ2n) is 8.24. The molecule has 0 saturated heterocycles. The van der Waals surface area contributed by atoms with Crippen molar-refractivity contribution < 1.29 is 9.13 Å². The predicted molar refractivity (Wildman–Crippen MR) is 139 cm³/mol. The molecule has 7 nitrogen and oxygen atoms in total. The van der Waals surface area contributed by atoms with Gasteiger partial charge in [-0.3, -0.25) is 14.3 Å². The van der Waals surface area contributed by atoms with E-state index in [4.69, 9.17) is 16.3 Å². The lowest BCUT2D eigenvalue weighted by molar-refractivity contribution is 0.387. The third-order valence-corrected chi connectivity index (χ3v) is 7.35. The minimum Gasteiger partial charge on any atom is -0.494 e. The third kappa shape index (κ3) is 3.85. The first-order valence-electron chi connectivity index (χ1n) is 10.9. The van der Waals surface area contributed by atoms with Crippen LogP contribution in [0, 0.1) is 23.1 Å². The van der Waals surface area contributed by atoms with Gasteiger partial charge in [-0.1, -0.05) is 35.9 Å². The highest BCUT2D eigenvalue weighted by Gasteiger charge is 2.22. The number of nitriles is 1. The molecule has 1 atom stereocenters. The summed E-state index contributed by atoms with van der Waals surface area (Å²) in [6.45, 7) is 1.77. The van der Waals surface area contributed by atoms with Crippen molar-refractivity contribution in [1.82, 2.24) is 14.1 Å². The van der Waals surface area contributed by atoms with E-state index in [0.29, 0.717) is 31.7 Å². The van der Waals surface area contributed by atoms with Crippen LogP contribution in [0.25, 0.3) is 37.1 Å². The van der Waals surface area contributed by atoms with Crippen molar-refractivity contribution in [2.45, 2.75) is 13.5 Å². The highest BCUT2D eigenvalue weighted by atomic mass is 35.5. The number of hydrogen-bond acceptors (Lipinski definition) is 6. The topological polar surface area (TPSA) is 89.9 Å². The summed E-state index contributed by atoms with van der Waals surface area (Å²) in [6, 6.07) is 13.7. The first kappa shape index (κ1) is 23.7. The molecule has 0 N–H and O–H groups in total. The summed E-state index contributed by atoms with van der Waals surface area (Å²) in [7, 11) is 1.35. The van der Waals surface area contributed by atoms with Crippen molar-refractivity contribution in [3.63, 3.8) is 0 Å². The summed E-state index contributed by atoms with van der Waals surface area (Å²) in [5, 5.41) is 11.0. The number of ether oxygens (including phenoxy) is 1. The quantitative estimate of drug-likeness (QED) is 0.310. The van der Waals surface area contributed by atoms with Gasteiger partial charge in [0, 0.05) is 34.0 Å². The van der Waals surface area contributed by atoms with E-state index >= 15 is 0 Å². The summed E-state index contributed by atoms with van der Waals surface area (Å²) in [6.07, 6.45) is 3.14. The van der Waals surface area contributed by atoms with Gasteiger partial charge in [0.2, 0.25) is 0 Å². The van der Waals surface area contributed by atoms with Gasteiger partial charge in [-0.25, -0.2) is 13.8 Å². The number of aromatic nitrogens is 3. The molecule has 180 valence electrons. The number of halogens is 2. The molecule has 0 aliphatic heterocycles. The number of thiophene rings is 1. The monoisotopic (exact) mass is 520 g/mol. The Kier molecular flexibility index (Phi) is 6.08. The molecule has 10 heteroatoms. The summed E-state index contributed by atoms with van der Waals surface area (Å²) in [5.41, 5.74) is 0.0762. The van der Waals surface area contributed by atoms with Gasteiger partial charge in [-0.05, 0) is 25.1 Å². The van der Waals surface area contributed by atoms with E-state index in [-0.39, 0.29) is 17.3 Å². The molecule has 2 aromatic carbocycles. The van der Waals surface area contributed by atoms with E-state index in [1.807, 2.05) is 24.3 Å². The molecule has 3 heterocycles. The van der Waals surface area contributed by atoms with E-state index in [1.54, 1.807) is 19.2 Å². The maximum atomic E-state index is 14.1. The van der Waals surface area contributed by atoms with E-state index in [2.05, 4.69) is 11.1 Å². The lowest BCUT2D eigenvalue weighted by Gasteiger charge is -2.14. The van der Waals surface area contributed by atoms with Crippen molar-refractivity contribution in [2.24, 2.45) is 5.92 Å². The molecule has 1 unspecified atom stereocenters. The minimum absolute atomic E-state index is 0.00147. The fourth-order valence-electron chi connectivity index (χ4n) is 4.14. The largest absolute Gasteiger partial charge is 0.494 e. The highest BCUT2D eigenvalue weighted by Crippen LogP contribution is 2.39. The number of rotatable bonds is 5. The van der Waals surface area contributed by atoms with E-state index < -0.39 is 23.0 Å². The zero-order valence-electron chi connectivity index (χ0n) is 19.2. The Morgan fingerprint density at radius 2 is 2.00 bits per heavy atom. The molecule has 0 spiro atoms. The summed E-state index contributed by atoms with van der Waals surface area (Å²) in [5.74, 6) is -1.11. The molecule has 3 aromatic heterocycles. The summed E-state index contributed by atoms with van der Waals surface area (Å²) < 4.78 is 22.0. The maximum absolute atomic E-state index is 14.1. The normalized spacial score (nSPS) is 12.1. The molecular formula is C26H18ClFN4O3S. The molecule has 0 aliphatic rings. The number of hydrogen-bond donors (Lipinski definition) is 0. The molecule has 36 heavy (non-hydrogen) atoms. The van der Waals surface area contributed by atoms with Crippen LogP contribution < -0.4 is 16.0 Å². The lowest BCUT2D eigenvalue weighted by atomic mass is 10.1. The van der Waals surface area contributed by atoms with Gasteiger partial charge < -0.3 is 4.74 Å². The van der Waals surface area contributed by atoms with Gasteiger partial charge >= 0.3 is 5.69 Å². The van der Waals surface area contributed by atoms with Crippen molar-refractivity contribution >= 4 is 43.9 Å². The number of pyridine rings is 1. The van der Waals surface area contributed by atoms with Crippen LogP contribution in [0.4, 0.5) is 4.39 Å². The standard InChI is InChI=1S/C26H18ClFN4O3S/c1-14(10-29)13-31-20-9-23(17-7-22(35-2)19(28)8-18(17)27)36-24(20)25(33)32(26(31)34)21-12-30-11-15-5-3-4-6-16(15)21/h3-9,11-12,14H,13H2,1-2H3. The van der Waals surface area contributed by atoms with Gasteiger partial charge in [0.1, 0.15) is 4.70 Å². The van der Waals surface area contributed by atoms with Crippen molar-refractivity contribution in [3.8, 4) is 27.9 Å². The first-order valence-corrected chi connectivity index (χ1v) is 12.1. The van der Waals surface area contributed by atoms with Crippen LogP contribution in [0.1, 0.15) is 6.92 Å². The molecule has 0 radical (unpaired) electrons. The summed E-state index contributed by atoms with van der Waals surface area (Å²) in [4.78, 5) is 32.3. The van der Waals surface area contributed by atoms with Gasteiger partial charge in [0.25, 0.3) is 5.56 Å². The Morgan fingerprint density at radius 1 is 1.22 bits per heavy atom. The fourth-order valence-corrected chi connectivity index (χ4v) is 5.57. The average Bonchev–Trinajstić information content (AvgIpc) is 3.32. The third-order valence-electron chi connectivity index (χ3n) is 5.89. The van der Waals surface area contributed by atoms with Crippen molar-refractivity contribution in [3.05, 3.63) is 86.5 Å². The lowest BCUT2D eigenvalue weighted by Crippen LogP contribution is -2.39. The van der Waals surface area contributed by atoms with Crippen LogP contribution >= 0.6 is 22.9 Å². The van der Waals surface area contributed by atoms with E-state index in [1.165, 1.54) is 23.9 Å². The Labute approximate surface area is 213 Å². The second kappa shape index (κ2) is 9.22. The van der Waals surface area contributed by atoms with Gasteiger partial charge in [-0.2, -0.15) is 5.26 Å². The Hall–Kier alpha value is -4.00. The highest BCUT2D eigenvalue weighted by molar-refractivity contribution is 7.22. The van der Waals surface area contributed by atoms with Crippen LogP contribution in [0.5, 0.6) is 5.75 Å². The van der Waals surface area contributed by atoms with Crippen LogP contribution in [0.3, 0.4) is 0 Å². The Morgan fingerprint density at radius 3 is 2.75 bits per heavy atom. The molecule has 0 amide bonds. The van der Waals surface area contributed by atoms with Gasteiger partial charge in [0.05, 0.1) is 41.5 Å². The van der Waals surface area contributed by atoms with E-state index in [9.17, 15) is 19.2 Å². The second-order valence-corrected chi connectivity index (χ2v) is 9.69. The number of nitrogens with zero attached hydrogens (tertiary/aromatic N) is 4. The Balaban J connectivity index is 1.86. The molecule has 0 saturated carbocycles. The van der Waals surface area contributed by atoms with Crippen LogP contribution in [0.15, 0.2) is 64.4 Å². The number of benzene rings is 2. The molecule has 0 bridgehead atoms. The number of fused-ring (bicyclic) bond motifs is 2. The average molecular weight is 521 g/mol. The number of methoxy groups -OCH3 is 1. The molecule has 5 aromatic rings. The predicted octanol–water partition coefficient (Wildman–Crippen LogP) is 5.39. The van der Waals surface area contributed by atoms with E-state index in [0.717, 1.165) is 27.4 Å². The van der Waals surface area contributed by atoms with Crippen LogP contribution in [-0.4, -0.2) is 21.2 Å². The van der Waals surface area contributed by atoms with Crippen LogP contribution in [0.2, 0.25) is 5.02 Å². The van der Waals surface area contributed by atoms with Gasteiger partial charge in [0.15, 0.2) is 11.6 Å². The minimum atomic E-state index is -0.613. The molecule has 5 rings (SSSR count). The summed E-state index contributed by atoms with van der Waals surface area (Å²) >= 11 is 7.47. The zero-order valence-corrected chi connectivity index (χ0v) is 20.7. The zero-order chi connectivity index (χ0) is 25.6. The molecule has 0 aliphatic carbocycles. The maximum Gasteiger partial charge on any atom is 0.336 e. The smallest absolute Gasteiger partial charge is 0.336 e. The van der Waals surface area contributed by atoms with Crippen molar-refractivity contribution in [2.75, 3.05) is 7.11 Å². The first-order chi connectivity index (χ1) is 17.3. The Bertz CT molecular complexity index is 1810. The van der Waals surface area contributed by atoms with Crippen molar-refractivity contribution in [1.29, 1.82) is 5.26 Å². The fraction of sp³-hybridized carbons (Fsp3) is 0.154. The molecule has 0 fully saturated rings. The SMILES string of the molecule is COc1cc(-c2cc3c(s2)c(=O)n(-c2cncc4ccccc24)c(=O)n3CC(C)C#N)c(Cl)cc1F. The van der Waals surface area contributed by atoms with Crippen LogP contribution in [-0.2, 0) is 6.54 Å². The molecular weight excluding hydrogens is 503 g/mol. The van der Waals surface area contributed by atoms with Gasteiger partial charge in [-0.15, -0.1) is 11.3 Å².